The zero-order chi connectivity index (χ0) is 40.6. The summed E-state index contributed by atoms with van der Waals surface area (Å²) in [6.07, 6.45) is -0.282. The molecule has 0 saturated carbocycles. The van der Waals surface area contributed by atoms with E-state index in [2.05, 4.69) is 0 Å². The Hall–Kier alpha value is -1.50. The van der Waals surface area contributed by atoms with Gasteiger partial charge in [0.2, 0.25) is 0 Å². The highest BCUT2D eigenvalue weighted by Gasteiger charge is 2.32. The van der Waals surface area contributed by atoms with Crippen molar-refractivity contribution in [1.82, 2.24) is 0 Å². The molecule has 0 unspecified atom stereocenters. The van der Waals surface area contributed by atoms with Gasteiger partial charge in [0.25, 0.3) is 0 Å². The molecule has 0 aliphatic carbocycles. The van der Waals surface area contributed by atoms with E-state index in [1.807, 2.05) is 27.7 Å². The van der Waals surface area contributed by atoms with Gasteiger partial charge < -0.3 is 67.8 Å². The van der Waals surface area contributed by atoms with Crippen molar-refractivity contribution in [2.24, 2.45) is 0 Å². The molecule has 0 atom stereocenters. The third kappa shape index (κ3) is 23.5. The predicted octanol–water partition coefficient (Wildman–Crippen LogP) is 0.212. The summed E-state index contributed by atoms with van der Waals surface area (Å²) in [7, 11) is 0. The molecule has 2 heterocycles. The Labute approximate surface area is 325 Å². The van der Waals surface area contributed by atoms with Crippen LogP contribution in [0, 0.1) is 0 Å². The number of ether oxygens (including phenoxy) is 10. The van der Waals surface area contributed by atoms with Crippen molar-refractivity contribution in [2.75, 3.05) is 91.8 Å². The zero-order valence-electron chi connectivity index (χ0n) is 32.1. The van der Waals surface area contributed by atoms with Crippen LogP contribution in [0.4, 0.5) is 0 Å². The van der Waals surface area contributed by atoms with Gasteiger partial charge in [-0.15, -0.1) is 0 Å². The topological polar surface area (TPSA) is 241 Å². The highest BCUT2D eigenvalue weighted by Crippen LogP contribution is 2.21. The largest absolute Gasteiger partial charge is 0.457 e. The normalized spacial score (nSPS) is 17.4. The third-order valence-electron chi connectivity index (χ3n) is 7.47. The lowest BCUT2D eigenvalue weighted by molar-refractivity contribution is -0.286. The SMILES string of the molecule is CSC(=O)CCC(=O)OC(COC(CO)CO)COC(CO)CO.CSC(=O)CCC(=O)OC(COC1COC(C)(C)OC1)COC1COC(C)(C)OC1. The summed E-state index contributed by atoms with van der Waals surface area (Å²) in [4.78, 5) is 46.5. The molecular formula is C34H60O18S2. The molecule has 0 radical (unpaired) electrons. The summed E-state index contributed by atoms with van der Waals surface area (Å²) in [5, 5.41) is 35.6. The minimum Gasteiger partial charge on any atom is -0.457 e. The first-order chi connectivity index (χ1) is 25.6. The van der Waals surface area contributed by atoms with Crippen LogP contribution in [-0.2, 0) is 66.5 Å². The number of aliphatic hydroxyl groups is 4. The Kier molecular flexibility index (Phi) is 26.2. The van der Waals surface area contributed by atoms with Gasteiger partial charge in [0.1, 0.15) is 36.6 Å². The lowest BCUT2D eigenvalue weighted by atomic mass is 10.3. The summed E-state index contributed by atoms with van der Waals surface area (Å²) in [6, 6.07) is 0. The Bertz CT molecular complexity index is 1000. The number of carbonyl (C=O) groups is 4. The molecular weight excluding hydrogens is 760 g/mol. The molecule has 2 aliphatic rings. The Morgan fingerprint density at radius 3 is 1.17 bits per heavy atom. The number of hydrogen-bond donors (Lipinski definition) is 4. The number of thioether (sulfide) groups is 2. The van der Waals surface area contributed by atoms with Gasteiger partial charge in [-0.3, -0.25) is 19.2 Å². The Morgan fingerprint density at radius 2 is 0.870 bits per heavy atom. The molecule has 316 valence electrons. The maximum absolute atomic E-state index is 12.2. The average Bonchev–Trinajstić information content (AvgIpc) is 3.15. The summed E-state index contributed by atoms with van der Waals surface area (Å²) in [5.41, 5.74) is 0. The molecule has 0 bridgehead atoms. The monoisotopic (exact) mass is 820 g/mol. The lowest BCUT2D eigenvalue weighted by Crippen LogP contribution is -2.45. The molecule has 0 amide bonds. The Balaban J connectivity index is 0.000000556. The van der Waals surface area contributed by atoms with Crippen LogP contribution in [-0.4, -0.2) is 183 Å². The van der Waals surface area contributed by atoms with Crippen LogP contribution in [0.1, 0.15) is 53.4 Å². The van der Waals surface area contributed by atoms with E-state index < -0.39 is 74.4 Å². The number of rotatable bonds is 24. The van der Waals surface area contributed by atoms with E-state index in [-0.39, 0.29) is 74.5 Å². The van der Waals surface area contributed by atoms with Gasteiger partial charge in [-0.2, -0.15) is 0 Å². The molecule has 54 heavy (non-hydrogen) atoms. The van der Waals surface area contributed by atoms with Crippen molar-refractivity contribution < 1.29 is 87.0 Å². The van der Waals surface area contributed by atoms with Crippen molar-refractivity contribution in [3.05, 3.63) is 0 Å². The lowest BCUT2D eigenvalue weighted by Gasteiger charge is -2.36. The standard InChI is InChI=1S/C20H34O9S.C14H26O9S/c1-19(2)25-10-14(11-26-19)23-8-16(29-17(21)6-7-18(22)30-5)9-24-15-12-27-20(3,4)28-13-15;1-24-14(20)3-2-13(19)23-12(8-21-10(4-15)5-16)9-22-11(6-17)7-18/h14-16H,6-13H2,1-5H3;10-12,15-18H,2-9H2,1H3. The third-order valence-corrected chi connectivity index (χ3v) is 8.79. The van der Waals surface area contributed by atoms with E-state index in [0.717, 1.165) is 23.5 Å². The van der Waals surface area contributed by atoms with E-state index in [1.54, 1.807) is 12.5 Å². The van der Waals surface area contributed by atoms with Crippen molar-refractivity contribution in [3.63, 3.8) is 0 Å². The summed E-state index contributed by atoms with van der Waals surface area (Å²) in [5.74, 6) is -2.35. The minimum atomic E-state index is -0.872. The quantitative estimate of drug-likeness (QED) is 0.0952. The fraction of sp³-hybridized carbons (Fsp3) is 0.882. The van der Waals surface area contributed by atoms with E-state index in [1.165, 1.54) is 0 Å². The van der Waals surface area contributed by atoms with E-state index >= 15 is 0 Å². The van der Waals surface area contributed by atoms with Crippen LogP contribution in [0.2, 0.25) is 0 Å². The van der Waals surface area contributed by atoms with E-state index in [0.29, 0.717) is 26.4 Å². The van der Waals surface area contributed by atoms with Crippen LogP contribution >= 0.6 is 23.5 Å². The number of esters is 2. The smallest absolute Gasteiger partial charge is 0.306 e. The first kappa shape index (κ1) is 50.5. The van der Waals surface area contributed by atoms with Crippen molar-refractivity contribution in [1.29, 1.82) is 0 Å². The van der Waals surface area contributed by atoms with Gasteiger partial charge in [-0.25, -0.2) is 0 Å². The zero-order valence-corrected chi connectivity index (χ0v) is 33.7. The van der Waals surface area contributed by atoms with Crippen LogP contribution in [0.5, 0.6) is 0 Å². The predicted molar refractivity (Wildman–Crippen MR) is 195 cm³/mol. The van der Waals surface area contributed by atoms with E-state index in [4.69, 9.17) is 67.8 Å². The van der Waals surface area contributed by atoms with Gasteiger partial charge >= 0.3 is 11.9 Å². The van der Waals surface area contributed by atoms with Crippen molar-refractivity contribution >= 4 is 45.7 Å². The van der Waals surface area contributed by atoms with Gasteiger partial charge in [0.15, 0.2) is 21.8 Å². The molecule has 2 saturated heterocycles. The fourth-order valence-corrected chi connectivity index (χ4v) is 4.79. The fourth-order valence-electron chi connectivity index (χ4n) is 4.18. The molecule has 0 aromatic rings. The first-order valence-corrected chi connectivity index (χ1v) is 20.0. The van der Waals surface area contributed by atoms with Crippen LogP contribution in [0.25, 0.3) is 0 Å². The molecule has 2 rings (SSSR count). The first-order valence-electron chi connectivity index (χ1n) is 17.6. The van der Waals surface area contributed by atoms with Crippen LogP contribution < -0.4 is 0 Å². The average molecular weight is 821 g/mol. The number of hydrogen-bond acceptors (Lipinski definition) is 20. The van der Waals surface area contributed by atoms with Crippen molar-refractivity contribution in [3.8, 4) is 0 Å². The highest BCUT2D eigenvalue weighted by molar-refractivity contribution is 8.13. The molecule has 0 aromatic carbocycles. The number of aliphatic hydroxyl groups excluding tert-OH is 4. The minimum absolute atomic E-state index is 0.0177. The summed E-state index contributed by atoms with van der Waals surface area (Å²) >= 11 is 2.11. The van der Waals surface area contributed by atoms with Crippen LogP contribution in [0.3, 0.4) is 0 Å². The summed E-state index contributed by atoms with van der Waals surface area (Å²) in [6.45, 7) is 7.21. The van der Waals surface area contributed by atoms with Gasteiger partial charge in [0.05, 0.1) is 92.1 Å². The van der Waals surface area contributed by atoms with Gasteiger partial charge in [0, 0.05) is 12.8 Å². The number of carbonyl (C=O) groups excluding carboxylic acids is 4. The highest BCUT2D eigenvalue weighted by atomic mass is 32.2. The van der Waals surface area contributed by atoms with E-state index in [9.17, 15) is 19.2 Å². The molecule has 0 aromatic heterocycles. The Morgan fingerprint density at radius 1 is 0.556 bits per heavy atom. The van der Waals surface area contributed by atoms with Crippen molar-refractivity contribution in [2.45, 2.75) is 102 Å². The molecule has 20 heteroatoms. The maximum Gasteiger partial charge on any atom is 0.306 e. The second-order valence-corrected chi connectivity index (χ2v) is 14.7. The van der Waals surface area contributed by atoms with Crippen LogP contribution in [0.15, 0.2) is 0 Å². The molecule has 2 aliphatic heterocycles. The van der Waals surface area contributed by atoms with Gasteiger partial charge in [-0.1, -0.05) is 23.5 Å². The molecule has 0 spiro atoms. The molecule has 18 nitrogen and oxygen atoms in total. The molecule has 2 fully saturated rings. The second-order valence-electron chi connectivity index (χ2n) is 13.0. The maximum atomic E-state index is 12.2. The summed E-state index contributed by atoms with van der Waals surface area (Å²) < 4.78 is 55.0. The second kappa shape index (κ2) is 28.0. The molecule has 4 N–H and O–H groups in total. The van der Waals surface area contributed by atoms with Gasteiger partial charge in [-0.05, 0) is 40.2 Å².